The Morgan fingerprint density at radius 1 is 1.28 bits per heavy atom. The molecule has 0 aliphatic carbocycles. The van der Waals surface area contributed by atoms with Crippen molar-refractivity contribution in [3.05, 3.63) is 35.6 Å². The van der Waals surface area contributed by atoms with Gasteiger partial charge in [0.25, 0.3) is 0 Å². The number of hydrogen-bond donors (Lipinski definition) is 0. The van der Waals surface area contributed by atoms with E-state index in [2.05, 4.69) is 9.64 Å². The number of halogens is 1. The second-order valence-corrected chi connectivity index (χ2v) is 4.36. The van der Waals surface area contributed by atoms with Gasteiger partial charge in [-0.25, -0.2) is 4.39 Å². The average Bonchev–Trinajstić information content (AvgIpc) is 2.38. The fourth-order valence-corrected chi connectivity index (χ4v) is 1.68. The van der Waals surface area contributed by atoms with Crippen molar-refractivity contribution >= 4 is 5.97 Å². The molecule has 1 rings (SSSR count). The summed E-state index contributed by atoms with van der Waals surface area (Å²) in [6, 6.07) is 6.56. The van der Waals surface area contributed by atoms with Crippen LogP contribution in [0.1, 0.15) is 18.4 Å². The molecule has 0 aromatic heterocycles. The first-order chi connectivity index (χ1) is 8.61. The Morgan fingerprint density at radius 3 is 2.56 bits per heavy atom. The quantitative estimate of drug-likeness (QED) is 0.698. The minimum atomic E-state index is -0.204. The maximum atomic E-state index is 12.7. The SMILES string of the molecule is COC(=O)CCCN(C)CCc1ccc(F)cc1. The van der Waals surface area contributed by atoms with Crippen LogP contribution in [0.15, 0.2) is 24.3 Å². The number of carbonyl (C=O) groups is 1. The number of benzene rings is 1. The van der Waals surface area contributed by atoms with Gasteiger partial charge in [0.15, 0.2) is 0 Å². The predicted octanol–water partition coefficient (Wildman–Crippen LogP) is 2.25. The van der Waals surface area contributed by atoms with Gasteiger partial charge in [-0.3, -0.25) is 4.79 Å². The van der Waals surface area contributed by atoms with E-state index in [1.165, 1.54) is 19.2 Å². The number of nitrogens with zero attached hydrogens (tertiary/aromatic N) is 1. The van der Waals surface area contributed by atoms with Crippen LogP contribution in [-0.4, -0.2) is 38.1 Å². The molecule has 0 aliphatic heterocycles. The number of rotatable bonds is 7. The van der Waals surface area contributed by atoms with Gasteiger partial charge >= 0.3 is 5.97 Å². The van der Waals surface area contributed by atoms with Crippen LogP contribution in [0.25, 0.3) is 0 Å². The van der Waals surface area contributed by atoms with Crippen LogP contribution >= 0.6 is 0 Å². The highest BCUT2D eigenvalue weighted by molar-refractivity contribution is 5.69. The molecule has 0 fully saturated rings. The zero-order valence-electron chi connectivity index (χ0n) is 11.0. The van der Waals surface area contributed by atoms with Gasteiger partial charge in [0.2, 0.25) is 0 Å². The fraction of sp³-hybridized carbons (Fsp3) is 0.500. The highest BCUT2D eigenvalue weighted by Crippen LogP contribution is 2.04. The topological polar surface area (TPSA) is 29.5 Å². The molecule has 18 heavy (non-hydrogen) atoms. The number of methoxy groups -OCH3 is 1. The van der Waals surface area contributed by atoms with Crippen LogP contribution in [0.5, 0.6) is 0 Å². The molecule has 0 atom stereocenters. The lowest BCUT2D eigenvalue weighted by Gasteiger charge is -2.16. The molecule has 0 amide bonds. The van der Waals surface area contributed by atoms with Gasteiger partial charge in [0.05, 0.1) is 7.11 Å². The third-order valence-corrected chi connectivity index (χ3v) is 2.84. The first-order valence-electron chi connectivity index (χ1n) is 6.11. The van der Waals surface area contributed by atoms with Crippen molar-refractivity contribution in [3.8, 4) is 0 Å². The summed E-state index contributed by atoms with van der Waals surface area (Å²) >= 11 is 0. The summed E-state index contributed by atoms with van der Waals surface area (Å²) in [4.78, 5) is 13.1. The maximum Gasteiger partial charge on any atom is 0.305 e. The van der Waals surface area contributed by atoms with Crippen LogP contribution in [-0.2, 0) is 16.0 Å². The zero-order chi connectivity index (χ0) is 13.4. The van der Waals surface area contributed by atoms with E-state index < -0.39 is 0 Å². The molecule has 0 bridgehead atoms. The molecule has 0 saturated carbocycles. The van der Waals surface area contributed by atoms with Crippen molar-refractivity contribution in [2.45, 2.75) is 19.3 Å². The lowest BCUT2D eigenvalue weighted by atomic mass is 10.1. The Hall–Kier alpha value is -1.42. The van der Waals surface area contributed by atoms with Gasteiger partial charge in [0.1, 0.15) is 5.82 Å². The lowest BCUT2D eigenvalue weighted by molar-refractivity contribution is -0.140. The molecule has 0 N–H and O–H groups in total. The number of ether oxygens (including phenoxy) is 1. The monoisotopic (exact) mass is 253 g/mol. The largest absolute Gasteiger partial charge is 0.469 e. The molecule has 0 saturated heterocycles. The Labute approximate surface area is 108 Å². The Balaban J connectivity index is 2.18. The average molecular weight is 253 g/mol. The maximum absolute atomic E-state index is 12.7. The Bertz CT molecular complexity index is 365. The Kier molecular flexibility index (Phi) is 6.36. The number of esters is 1. The van der Waals surface area contributed by atoms with E-state index in [-0.39, 0.29) is 11.8 Å². The van der Waals surface area contributed by atoms with Gasteiger partial charge in [0, 0.05) is 13.0 Å². The summed E-state index contributed by atoms with van der Waals surface area (Å²) in [5.74, 6) is -0.368. The molecule has 4 heteroatoms. The Morgan fingerprint density at radius 2 is 1.94 bits per heavy atom. The molecule has 1 aromatic rings. The normalized spacial score (nSPS) is 10.7. The highest BCUT2D eigenvalue weighted by Gasteiger charge is 2.03. The van der Waals surface area contributed by atoms with Crippen molar-refractivity contribution in [2.24, 2.45) is 0 Å². The smallest absolute Gasteiger partial charge is 0.305 e. The molecular formula is C14H20FNO2. The number of carbonyl (C=O) groups excluding carboxylic acids is 1. The summed E-state index contributed by atoms with van der Waals surface area (Å²) in [5, 5.41) is 0. The molecule has 0 aliphatic rings. The summed E-state index contributed by atoms with van der Waals surface area (Å²) < 4.78 is 17.3. The van der Waals surface area contributed by atoms with Gasteiger partial charge < -0.3 is 9.64 Å². The minimum absolute atomic E-state index is 0.165. The summed E-state index contributed by atoms with van der Waals surface area (Å²) in [5.41, 5.74) is 1.12. The molecular weight excluding hydrogens is 233 g/mol. The van der Waals surface area contributed by atoms with Crippen molar-refractivity contribution in [2.75, 3.05) is 27.2 Å². The number of hydrogen-bond acceptors (Lipinski definition) is 3. The summed E-state index contributed by atoms with van der Waals surface area (Å²) in [7, 11) is 3.42. The van der Waals surface area contributed by atoms with E-state index in [0.29, 0.717) is 6.42 Å². The lowest BCUT2D eigenvalue weighted by Crippen LogP contribution is -2.23. The first kappa shape index (κ1) is 14.6. The standard InChI is InChI=1S/C14H20FNO2/c1-16(10-3-4-14(17)18-2)11-9-12-5-7-13(15)8-6-12/h5-8H,3-4,9-11H2,1-2H3. The number of likely N-dealkylation sites (N-methyl/N-ethyl adjacent to an activating group) is 1. The minimum Gasteiger partial charge on any atom is -0.469 e. The molecule has 0 unspecified atom stereocenters. The molecule has 0 radical (unpaired) electrons. The van der Waals surface area contributed by atoms with Crippen molar-refractivity contribution in [3.63, 3.8) is 0 Å². The van der Waals surface area contributed by atoms with E-state index in [1.807, 2.05) is 7.05 Å². The van der Waals surface area contributed by atoms with Gasteiger partial charge in [-0.05, 0) is 44.1 Å². The van der Waals surface area contributed by atoms with Crippen LogP contribution in [0, 0.1) is 5.82 Å². The molecule has 1 aromatic carbocycles. The third kappa shape index (κ3) is 5.77. The van der Waals surface area contributed by atoms with Gasteiger partial charge in [-0.1, -0.05) is 12.1 Å². The summed E-state index contributed by atoms with van der Waals surface area (Å²) in [6.45, 7) is 1.75. The van der Waals surface area contributed by atoms with E-state index in [4.69, 9.17) is 0 Å². The molecule has 0 heterocycles. The highest BCUT2D eigenvalue weighted by atomic mass is 19.1. The molecule has 3 nitrogen and oxygen atoms in total. The van der Waals surface area contributed by atoms with Crippen LogP contribution in [0.2, 0.25) is 0 Å². The zero-order valence-corrected chi connectivity index (χ0v) is 11.0. The van der Waals surface area contributed by atoms with Gasteiger partial charge in [-0.2, -0.15) is 0 Å². The van der Waals surface area contributed by atoms with E-state index in [0.717, 1.165) is 31.5 Å². The van der Waals surface area contributed by atoms with Gasteiger partial charge in [-0.15, -0.1) is 0 Å². The molecule has 0 spiro atoms. The van der Waals surface area contributed by atoms with Crippen LogP contribution in [0.3, 0.4) is 0 Å². The van der Waals surface area contributed by atoms with Crippen LogP contribution < -0.4 is 0 Å². The van der Waals surface area contributed by atoms with E-state index in [1.54, 1.807) is 12.1 Å². The van der Waals surface area contributed by atoms with E-state index in [9.17, 15) is 9.18 Å². The third-order valence-electron chi connectivity index (χ3n) is 2.84. The second-order valence-electron chi connectivity index (χ2n) is 4.36. The van der Waals surface area contributed by atoms with Crippen molar-refractivity contribution in [1.29, 1.82) is 0 Å². The van der Waals surface area contributed by atoms with E-state index >= 15 is 0 Å². The second kappa shape index (κ2) is 7.82. The van der Waals surface area contributed by atoms with Crippen molar-refractivity contribution < 1.29 is 13.9 Å². The fourth-order valence-electron chi connectivity index (χ4n) is 1.68. The van der Waals surface area contributed by atoms with Crippen molar-refractivity contribution in [1.82, 2.24) is 4.90 Å². The molecule has 100 valence electrons. The van der Waals surface area contributed by atoms with Crippen LogP contribution in [0.4, 0.5) is 4.39 Å². The predicted molar refractivity (Wildman–Crippen MR) is 68.9 cm³/mol. The summed E-state index contributed by atoms with van der Waals surface area (Å²) in [6.07, 6.45) is 2.14. The first-order valence-corrected chi connectivity index (χ1v) is 6.11.